The molecule has 4 aromatic rings. The van der Waals surface area contributed by atoms with Gasteiger partial charge in [-0.25, -0.2) is 4.79 Å². The van der Waals surface area contributed by atoms with Crippen molar-refractivity contribution in [1.82, 2.24) is 15.5 Å². The van der Waals surface area contributed by atoms with Gasteiger partial charge in [-0.15, -0.1) is 5.10 Å². The number of aromatic nitrogens is 2. The van der Waals surface area contributed by atoms with Crippen molar-refractivity contribution in [3.63, 3.8) is 0 Å². The minimum absolute atomic E-state index is 0.0958. The predicted molar refractivity (Wildman–Crippen MR) is 138 cm³/mol. The standard InChI is InChI=1S/C28H27N5O3/c1-33(28(35)36-19-22-10-6-3-7-11-22)26-24(27(34)30-17-21-8-4-2-5-9-21)18-31-32-25(26)23-14-12-20(16-29)13-15-23/h2-15,18H,16-17,19,29H2,1H3,(H,30,34). The number of rotatable bonds is 8. The first kappa shape index (κ1) is 24.6. The molecule has 0 bridgehead atoms. The first-order chi connectivity index (χ1) is 17.6. The Hall–Kier alpha value is -4.56. The summed E-state index contributed by atoms with van der Waals surface area (Å²) >= 11 is 0. The van der Waals surface area contributed by atoms with Gasteiger partial charge in [-0.3, -0.25) is 9.69 Å². The van der Waals surface area contributed by atoms with Gasteiger partial charge < -0.3 is 15.8 Å². The first-order valence-corrected chi connectivity index (χ1v) is 11.5. The second-order valence-corrected chi connectivity index (χ2v) is 8.12. The summed E-state index contributed by atoms with van der Waals surface area (Å²) in [5, 5.41) is 11.2. The largest absolute Gasteiger partial charge is 0.444 e. The number of carbonyl (C=O) groups is 2. The summed E-state index contributed by atoms with van der Waals surface area (Å²) in [6, 6.07) is 26.4. The summed E-state index contributed by atoms with van der Waals surface area (Å²) in [5.41, 5.74) is 10.1. The number of hydrogen-bond acceptors (Lipinski definition) is 6. The van der Waals surface area contributed by atoms with Crippen molar-refractivity contribution >= 4 is 17.7 Å². The zero-order valence-corrected chi connectivity index (χ0v) is 19.9. The molecule has 182 valence electrons. The highest BCUT2D eigenvalue weighted by Crippen LogP contribution is 2.32. The quantitative estimate of drug-likeness (QED) is 0.388. The highest BCUT2D eigenvalue weighted by atomic mass is 16.6. The van der Waals surface area contributed by atoms with Crippen molar-refractivity contribution in [2.45, 2.75) is 19.7 Å². The fourth-order valence-electron chi connectivity index (χ4n) is 3.66. The molecule has 0 unspecified atom stereocenters. The van der Waals surface area contributed by atoms with Crippen molar-refractivity contribution in [3.05, 3.63) is 113 Å². The maximum Gasteiger partial charge on any atom is 0.414 e. The molecule has 0 saturated heterocycles. The van der Waals surface area contributed by atoms with E-state index in [-0.39, 0.29) is 18.1 Å². The van der Waals surface area contributed by atoms with Crippen LogP contribution in [0.25, 0.3) is 11.3 Å². The summed E-state index contributed by atoms with van der Waals surface area (Å²) in [6.45, 7) is 0.815. The molecule has 3 N–H and O–H groups in total. The van der Waals surface area contributed by atoms with Crippen LogP contribution in [-0.4, -0.2) is 29.2 Å². The number of nitrogens with zero attached hydrogens (tertiary/aromatic N) is 3. The Morgan fingerprint density at radius 3 is 2.17 bits per heavy atom. The molecule has 0 aliphatic carbocycles. The fourth-order valence-corrected chi connectivity index (χ4v) is 3.66. The van der Waals surface area contributed by atoms with E-state index in [0.29, 0.717) is 30.0 Å². The van der Waals surface area contributed by atoms with E-state index < -0.39 is 6.09 Å². The number of ether oxygens (including phenoxy) is 1. The van der Waals surface area contributed by atoms with Gasteiger partial charge in [-0.05, 0) is 16.7 Å². The molecule has 0 radical (unpaired) electrons. The Kier molecular flexibility index (Phi) is 8.00. The number of carbonyl (C=O) groups excluding carboxylic acids is 2. The summed E-state index contributed by atoms with van der Waals surface area (Å²) in [7, 11) is 1.55. The molecule has 0 atom stereocenters. The molecular formula is C28H27N5O3. The Morgan fingerprint density at radius 1 is 0.889 bits per heavy atom. The van der Waals surface area contributed by atoms with E-state index in [1.807, 2.05) is 84.9 Å². The summed E-state index contributed by atoms with van der Waals surface area (Å²) in [6.07, 6.45) is 0.734. The lowest BCUT2D eigenvalue weighted by molar-refractivity contribution is 0.0951. The molecule has 2 amide bonds. The smallest absolute Gasteiger partial charge is 0.414 e. The van der Waals surface area contributed by atoms with Gasteiger partial charge in [0.2, 0.25) is 0 Å². The van der Waals surface area contributed by atoms with E-state index in [1.165, 1.54) is 11.1 Å². The molecule has 0 fully saturated rings. The molecular weight excluding hydrogens is 454 g/mol. The Bertz CT molecular complexity index is 1310. The summed E-state index contributed by atoms with van der Waals surface area (Å²) in [5.74, 6) is -0.383. The fraction of sp³-hybridized carbons (Fsp3) is 0.143. The van der Waals surface area contributed by atoms with Crippen LogP contribution < -0.4 is 16.0 Å². The van der Waals surface area contributed by atoms with Gasteiger partial charge >= 0.3 is 6.09 Å². The van der Waals surface area contributed by atoms with Crippen molar-refractivity contribution in [2.75, 3.05) is 11.9 Å². The number of nitrogens with two attached hydrogens (primary N) is 1. The molecule has 1 aromatic heterocycles. The molecule has 8 heteroatoms. The Morgan fingerprint density at radius 2 is 1.53 bits per heavy atom. The lowest BCUT2D eigenvalue weighted by Gasteiger charge is -2.22. The maximum absolute atomic E-state index is 13.3. The molecule has 36 heavy (non-hydrogen) atoms. The monoisotopic (exact) mass is 481 g/mol. The van der Waals surface area contributed by atoms with Gasteiger partial charge in [0.25, 0.3) is 5.91 Å². The SMILES string of the molecule is CN(C(=O)OCc1ccccc1)c1c(C(=O)NCc2ccccc2)cnnc1-c1ccc(CN)cc1. The van der Waals surface area contributed by atoms with E-state index in [2.05, 4.69) is 15.5 Å². The normalized spacial score (nSPS) is 10.5. The molecule has 3 aromatic carbocycles. The van der Waals surface area contributed by atoms with Crippen LogP contribution in [0.4, 0.5) is 10.5 Å². The van der Waals surface area contributed by atoms with Gasteiger partial charge in [0.1, 0.15) is 12.3 Å². The summed E-state index contributed by atoms with van der Waals surface area (Å²) in [4.78, 5) is 27.6. The minimum Gasteiger partial charge on any atom is -0.444 e. The van der Waals surface area contributed by atoms with Crippen molar-refractivity contribution in [1.29, 1.82) is 0 Å². The third kappa shape index (κ3) is 5.92. The van der Waals surface area contributed by atoms with Crippen molar-refractivity contribution in [2.24, 2.45) is 5.73 Å². The average Bonchev–Trinajstić information content (AvgIpc) is 2.95. The lowest BCUT2D eigenvalue weighted by atomic mass is 10.0. The molecule has 0 saturated carbocycles. The third-order valence-electron chi connectivity index (χ3n) is 5.64. The lowest BCUT2D eigenvalue weighted by Crippen LogP contribution is -2.32. The highest BCUT2D eigenvalue weighted by molar-refractivity contribution is 6.06. The van der Waals surface area contributed by atoms with Crippen LogP contribution in [0.1, 0.15) is 27.0 Å². The number of nitrogens with one attached hydrogen (secondary N) is 1. The van der Waals surface area contributed by atoms with E-state index in [1.54, 1.807) is 7.05 Å². The zero-order valence-electron chi connectivity index (χ0n) is 19.9. The van der Waals surface area contributed by atoms with E-state index >= 15 is 0 Å². The van der Waals surface area contributed by atoms with Crippen LogP contribution in [-0.2, 0) is 24.4 Å². The number of anilines is 1. The average molecular weight is 482 g/mol. The van der Waals surface area contributed by atoms with E-state index in [9.17, 15) is 9.59 Å². The summed E-state index contributed by atoms with van der Waals surface area (Å²) < 4.78 is 5.53. The second-order valence-electron chi connectivity index (χ2n) is 8.12. The topological polar surface area (TPSA) is 110 Å². The van der Waals surface area contributed by atoms with Gasteiger partial charge in [0, 0.05) is 25.7 Å². The molecule has 1 heterocycles. The van der Waals surface area contributed by atoms with Crippen LogP contribution in [0, 0.1) is 0 Å². The van der Waals surface area contributed by atoms with Crippen LogP contribution >= 0.6 is 0 Å². The van der Waals surface area contributed by atoms with Gasteiger partial charge in [0.15, 0.2) is 0 Å². The van der Waals surface area contributed by atoms with Crippen molar-refractivity contribution in [3.8, 4) is 11.3 Å². The number of hydrogen-bond donors (Lipinski definition) is 2. The molecule has 0 aliphatic heterocycles. The highest BCUT2D eigenvalue weighted by Gasteiger charge is 2.26. The number of amides is 2. The van der Waals surface area contributed by atoms with Crippen LogP contribution in [0.2, 0.25) is 0 Å². The molecule has 8 nitrogen and oxygen atoms in total. The van der Waals surface area contributed by atoms with Gasteiger partial charge in [0.05, 0.1) is 17.4 Å². The maximum atomic E-state index is 13.3. The van der Waals surface area contributed by atoms with E-state index in [4.69, 9.17) is 10.5 Å². The molecule has 0 spiro atoms. The second kappa shape index (κ2) is 11.7. The van der Waals surface area contributed by atoms with Crippen LogP contribution in [0.5, 0.6) is 0 Å². The molecule has 4 rings (SSSR count). The predicted octanol–water partition coefficient (Wildman–Crippen LogP) is 4.31. The Labute approximate surface area is 209 Å². The van der Waals surface area contributed by atoms with Gasteiger partial charge in [-0.2, -0.15) is 5.10 Å². The van der Waals surface area contributed by atoms with E-state index in [0.717, 1.165) is 16.7 Å². The Balaban J connectivity index is 1.65. The molecule has 0 aliphatic rings. The van der Waals surface area contributed by atoms with Crippen molar-refractivity contribution < 1.29 is 14.3 Å². The zero-order chi connectivity index (χ0) is 25.3. The first-order valence-electron chi connectivity index (χ1n) is 11.5. The number of benzene rings is 3. The van der Waals surface area contributed by atoms with Gasteiger partial charge in [-0.1, -0.05) is 84.9 Å². The van der Waals surface area contributed by atoms with Crippen LogP contribution in [0.3, 0.4) is 0 Å². The minimum atomic E-state index is -0.621. The third-order valence-corrected chi connectivity index (χ3v) is 5.64. The van der Waals surface area contributed by atoms with Crippen LogP contribution in [0.15, 0.2) is 91.1 Å².